The molecule has 0 fully saturated rings. The van der Waals surface area contributed by atoms with Crippen molar-refractivity contribution in [3.8, 4) is 0 Å². The molecule has 0 radical (unpaired) electrons. The van der Waals surface area contributed by atoms with Crippen LogP contribution in [0.4, 0.5) is 0 Å². The van der Waals surface area contributed by atoms with E-state index in [9.17, 15) is 9.59 Å². The first-order chi connectivity index (χ1) is 7.70. The van der Waals surface area contributed by atoms with E-state index in [4.69, 9.17) is 0 Å². The van der Waals surface area contributed by atoms with Crippen molar-refractivity contribution >= 4 is 11.0 Å². The topological polar surface area (TPSA) is 56.9 Å². The van der Waals surface area contributed by atoms with Crippen LogP contribution < -0.4 is 11.2 Å². The summed E-state index contributed by atoms with van der Waals surface area (Å²) in [6, 6.07) is 3.40. The Morgan fingerprint density at radius 1 is 1.19 bits per heavy atom. The minimum Gasteiger partial charge on any atom is -0.278 e. The summed E-state index contributed by atoms with van der Waals surface area (Å²) in [6.07, 6.45) is 1.59. The minimum atomic E-state index is -0.291. The Labute approximate surface area is 92.0 Å². The highest BCUT2D eigenvalue weighted by Crippen LogP contribution is 2.03. The maximum absolute atomic E-state index is 12.0. The van der Waals surface area contributed by atoms with Crippen LogP contribution in [0.2, 0.25) is 0 Å². The summed E-state index contributed by atoms with van der Waals surface area (Å²) in [4.78, 5) is 28.0. The molecule has 0 bridgehead atoms. The zero-order chi connectivity index (χ0) is 11.7. The summed E-state index contributed by atoms with van der Waals surface area (Å²) in [5.74, 6) is 0. The van der Waals surface area contributed by atoms with E-state index < -0.39 is 0 Å². The van der Waals surface area contributed by atoms with Crippen LogP contribution in [-0.4, -0.2) is 14.1 Å². The molecule has 0 unspecified atom stereocenters. The van der Waals surface area contributed by atoms with Gasteiger partial charge in [0.1, 0.15) is 5.65 Å². The van der Waals surface area contributed by atoms with Crippen molar-refractivity contribution in [1.29, 1.82) is 0 Å². The van der Waals surface area contributed by atoms with Crippen LogP contribution in [0.15, 0.2) is 27.9 Å². The molecule has 2 aromatic heterocycles. The van der Waals surface area contributed by atoms with E-state index in [0.29, 0.717) is 24.1 Å². The van der Waals surface area contributed by atoms with Gasteiger partial charge in [-0.2, -0.15) is 0 Å². The summed E-state index contributed by atoms with van der Waals surface area (Å²) >= 11 is 0. The second-order valence-corrected chi connectivity index (χ2v) is 3.45. The van der Waals surface area contributed by atoms with Gasteiger partial charge in [-0.15, -0.1) is 0 Å². The number of aryl methyl sites for hydroxylation is 1. The second kappa shape index (κ2) is 3.92. The Hall–Kier alpha value is -1.91. The van der Waals surface area contributed by atoms with Crippen molar-refractivity contribution in [3.05, 3.63) is 39.2 Å². The van der Waals surface area contributed by atoms with Crippen LogP contribution in [0, 0.1) is 0 Å². The lowest BCUT2D eigenvalue weighted by atomic mass is 10.3. The fourth-order valence-corrected chi connectivity index (χ4v) is 1.81. The summed E-state index contributed by atoms with van der Waals surface area (Å²) < 4.78 is 2.74. The third-order valence-corrected chi connectivity index (χ3v) is 2.61. The van der Waals surface area contributed by atoms with E-state index in [2.05, 4.69) is 4.98 Å². The van der Waals surface area contributed by atoms with Crippen molar-refractivity contribution in [2.75, 3.05) is 0 Å². The van der Waals surface area contributed by atoms with Gasteiger partial charge in [0.25, 0.3) is 5.56 Å². The summed E-state index contributed by atoms with van der Waals surface area (Å²) in [5.41, 5.74) is -0.0915. The molecular weight excluding hydrogens is 206 g/mol. The van der Waals surface area contributed by atoms with E-state index >= 15 is 0 Å². The number of aromatic nitrogens is 3. The lowest BCUT2D eigenvalue weighted by molar-refractivity contribution is 0.605. The summed E-state index contributed by atoms with van der Waals surface area (Å²) in [6.45, 7) is 4.53. The molecule has 5 nitrogen and oxygen atoms in total. The van der Waals surface area contributed by atoms with Gasteiger partial charge in [-0.1, -0.05) is 0 Å². The standard InChI is InChI=1S/C11H13N3O2/c1-3-13-9-8(6-5-7-12-9)10(15)14(4-2)11(13)16/h5-7H,3-4H2,1-2H3. The summed E-state index contributed by atoms with van der Waals surface area (Å²) in [7, 11) is 0. The van der Waals surface area contributed by atoms with Gasteiger partial charge in [-0.05, 0) is 26.0 Å². The minimum absolute atomic E-state index is 0.264. The van der Waals surface area contributed by atoms with Gasteiger partial charge < -0.3 is 0 Å². The Kier molecular flexibility index (Phi) is 2.60. The van der Waals surface area contributed by atoms with Gasteiger partial charge in [0, 0.05) is 19.3 Å². The Bertz CT molecular complexity index is 640. The normalized spacial score (nSPS) is 10.9. The zero-order valence-corrected chi connectivity index (χ0v) is 9.30. The van der Waals surface area contributed by atoms with Crippen LogP contribution >= 0.6 is 0 Å². The first-order valence-electron chi connectivity index (χ1n) is 5.29. The van der Waals surface area contributed by atoms with E-state index in [-0.39, 0.29) is 11.2 Å². The zero-order valence-electron chi connectivity index (χ0n) is 9.30. The second-order valence-electron chi connectivity index (χ2n) is 3.45. The van der Waals surface area contributed by atoms with E-state index in [1.165, 1.54) is 9.13 Å². The molecule has 2 heterocycles. The molecule has 0 aliphatic heterocycles. The average molecular weight is 219 g/mol. The van der Waals surface area contributed by atoms with Crippen molar-refractivity contribution in [2.24, 2.45) is 0 Å². The third kappa shape index (κ3) is 1.36. The molecule has 16 heavy (non-hydrogen) atoms. The number of nitrogens with zero attached hydrogens (tertiary/aromatic N) is 3. The molecule has 84 valence electrons. The van der Waals surface area contributed by atoms with Crippen LogP contribution in [-0.2, 0) is 13.1 Å². The predicted molar refractivity (Wildman–Crippen MR) is 61.6 cm³/mol. The van der Waals surface area contributed by atoms with Gasteiger partial charge >= 0.3 is 5.69 Å². The van der Waals surface area contributed by atoms with Gasteiger partial charge in [-0.3, -0.25) is 13.9 Å². The molecular formula is C11H13N3O2. The monoisotopic (exact) mass is 219 g/mol. The first-order valence-corrected chi connectivity index (χ1v) is 5.29. The van der Waals surface area contributed by atoms with Gasteiger partial charge in [0.15, 0.2) is 0 Å². The molecule has 0 saturated heterocycles. The number of fused-ring (bicyclic) bond motifs is 1. The van der Waals surface area contributed by atoms with E-state index in [0.717, 1.165) is 0 Å². The maximum Gasteiger partial charge on any atom is 0.332 e. The molecule has 0 amide bonds. The Balaban J connectivity index is 3.07. The average Bonchev–Trinajstić information content (AvgIpc) is 2.30. The van der Waals surface area contributed by atoms with Gasteiger partial charge in [0.05, 0.1) is 5.39 Å². The van der Waals surface area contributed by atoms with Crippen LogP contribution in [0.25, 0.3) is 11.0 Å². The SMILES string of the molecule is CCn1c(=O)c2cccnc2n(CC)c1=O. The highest BCUT2D eigenvalue weighted by Gasteiger charge is 2.10. The molecule has 0 aromatic carbocycles. The van der Waals surface area contributed by atoms with E-state index in [1.807, 2.05) is 6.92 Å². The van der Waals surface area contributed by atoms with Gasteiger partial charge in [0.2, 0.25) is 0 Å². The molecule has 0 aliphatic rings. The number of hydrogen-bond acceptors (Lipinski definition) is 3. The highest BCUT2D eigenvalue weighted by atomic mass is 16.2. The number of pyridine rings is 1. The van der Waals surface area contributed by atoms with Crippen LogP contribution in [0.1, 0.15) is 13.8 Å². The Morgan fingerprint density at radius 2 is 1.88 bits per heavy atom. The molecule has 2 rings (SSSR count). The fraction of sp³-hybridized carbons (Fsp3) is 0.364. The fourth-order valence-electron chi connectivity index (χ4n) is 1.81. The number of hydrogen-bond donors (Lipinski definition) is 0. The molecule has 0 saturated carbocycles. The quantitative estimate of drug-likeness (QED) is 0.743. The highest BCUT2D eigenvalue weighted by molar-refractivity contribution is 5.73. The summed E-state index contributed by atoms with van der Waals surface area (Å²) in [5, 5.41) is 0.491. The lowest BCUT2D eigenvalue weighted by Gasteiger charge is -2.09. The van der Waals surface area contributed by atoms with Crippen LogP contribution in [0.5, 0.6) is 0 Å². The number of rotatable bonds is 2. The molecule has 5 heteroatoms. The molecule has 0 atom stereocenters. The molecule has 2 aromatic rings. The van der Waals surface area contributed by atoms with Crippen molar-refractivity contribution in [1.82, 2.24) is 14.1 Å². The van der Waals surface area contributed by atoms with Crippen molar-refractivity contribution in [3.63, 3.8) is 0 Å². The van der Waals surface area contributed by atoms with E-state index in [1.54, 1.807) is 25.3 Å². The Morgan fingerprint density at radius 3 is 2.50 bits per heavy atom. The lowest BCUT2D eigenvalue weighted by Crippen LogP contribution is -2.39. The predicted octanol–water partition coefficient (Wildman–Crippen LogP) is 0.598. The smallest absolute Gasteiger partial charge is 0.278 e. The molecule has 0 spiro atoms. The molecule has 0 aliphatic carbocycles. The first kappa shape index (κ1) is 10.6. The maximum atomic E-state index is 12.0. The van der Waals surface area contributed by atoms with Gasteiger partial charge in [-0.25, -0.2) is 9.78 Å². The van der Waals surface area contributed by atoms with Crippen molar-refractivity contribution < 1.29 is 0 Å². The largest absolute Gasteiger partial charge is 0.332 e. The van der Waals surface area contributed by atoms with Crippen LogP contribution in [0.3, 0.4) is 0 Å². The van der Waals surface area contributed by atoms with Crippen molar-refractivity contribution in [2.45, 2.75) is 26.9 Å². The molecule has 0 N–H and O–H groups in total. The third-order valence-electron chi connectivity index (χ3n) is 2.61.